The van der Waals surface area contributed by atoms with Crippen LogP contribution in [0.15, 0.2) is 18.3 Å². The molecule has 0 saturated heterocycles. The molecule has 0 bridgehead atoms. The quantitative estimate of drug-likeness (QED) is 0.811. The normalized spacial score (nSPS) is 13.4. The van der Waals surface area contributed by atoms with Crippen molar-refractivity contribution in [2.45, 2.75) is 39.3 Å². The van der Waals surface area contributed by atoms with Gasteiger partial charge < -0.3 is 15.3 Å². The zero-order chi connectivity index (χ0) is 13.8. The van der Waals surface area contributed by atoms with E-state index in [1.54, 1.807) is 0 Å². The first-order chi connectivity index (χ1) is 8.42. The highest BCUT2D eigenvalue weighted by molar-refractivity contribution is 5.46. The first-order valence-corrected chi connectivity index (χ1v) is 6.46. The van der Waals surface area contributed by atoms with Gasteiger partial charge in [0.15, 0.2) is 0 Å². The molecule has 18 heavy (non-hydrogen) atoms. The summed E-state index contributed by atoms with van der Waals surface area (Å²) in [6.07, 6.45) is 1.86. The van der Waals surface area contributed by atoms with Crippen LogP contribution >= 0.6 is 0 Å². The summed E-state index contributed by atoms with van der Waals surface area (Å²) in [5.74, 6) is 0. The molecule has 1 rings (SSSR count). The molecule has 0 spiro atoms. The second kappa shape index (κ2) is 6.16. The lowest BCUT2D eigenvalue weighted by Crippen LogP contribution is -2.44. The van der Waals surface area contributed by atoms with Crippen molar-refractivity contribution in [3.05, 3.63) is 24.0 Å². The minimum Gasteiger partial charge on any atom is -0.394 e. The average molecular weight is 251 g/mol. The Morgan fingerprint density at radius 3 is 2.56 bits per heavy atom. The van der Waals surface area contributed by atoms with Gasteiger partial charge in [0.25, 0.3) is 0 Å². The Morgan fingerprint density at radius 1 is 1.44 bits per heavy atom. The number of pyridine rings is 1. The Labute approximate surface area is 110 Å². The predicted octanol–water partition coefficient (Wildman–Crippen LogP) is 1.96. The van der Waals surface area contributed by atoms with E-state index in [4.69, 9.17) is 0 Å². The number of aliphatic hydroxyl groups is 1. The molecule has 0 aliphatic rings. The Bertz CT molecular complexity index is 362. The molecule has 102 valence electrons. The zero-order valence-electron chi connectivity index (χ0n) is 12.1. The van der Waals surface area contributed by atoms with E-state index in [9.17, 15) is 5.11 Å². The Balaban J connectivity index is 2.83. The number of hydrogen-bond acceptors (Lipinski definition) is 4. The molecule has 1 aromatic rings. The summed E-state index contributed by atoms with van der Waals surface area (Å²) < 4.78 is 0. The molecule has 0 saturated carbocycles. The van der Waals surface area contributed by atoms with Crippen molar-refractivity contribution in [3.63, 3.8) is 0 Å². The molecular formula is C14H25N3O. The van der Waals surface area contributed by atoms with Crippen LogP contribution in [0.1, 0.15) is 39.4 Å². The number of nitrogens with zero attached hydrogens (tertiary/aromatic N) is 2. The average Bonchev–Trinajstić information content (AvgIpc) is 2.38. The van der Waals surface area contributed by atoms with Crippen LogP contribution in [0.3, 0.4) is 0 Å². The fourth-order valence-electron chi connectivity index (χ4n) is 1.72. The van der Waals surface area contributed by atoms with E-state index in [2.05, 4.69) is 24.1 Å². The number of nitrogens with one attached hydrogen (secondary N) is 1. The summed E-state index contributed by atoms with van der Waals surface area (Å²) in [4.78, 5) is 6.52. The summed E-state index contributed by atoms with van der Waals surface area (Å²) in [6.45, 7) is 9.24. The molecule has 4 nitrogen and oxygen atoms in total. The van der Waals surface area contributed by atoms with E-state index in [-0.39, 0.29) is 18.2 Å². The molecule has 4 heteroatoms. The molecule has 2 N–H and O–H groups in total. The van der Waals surface area contributed by atoms with E-state index in [1.807, 2.05) is 44.1 Å². The van der Waals surface area contributed by atoms with Crippen molar-refractivity contribution in [3.8, 4) is 0 Å². The van der Waals surface area contributed by atoms with Crippen LogP contribution in [-0.4, -0.2) is 35.8 Å². The highest BCUT2D eigenvalue weighted by Gasteiger charge is 2.23. The number of likely N-dealkylation sites (N-methyl/N-ethyl adjacent to an activating group) is 1. The number of aromatic nitrogens is 1. The first kappa shape index (κ1) is 14.9. The summed E-state index contributed by atoms with van der Waals surface area (Å²) in [5, 5.41) is 12.7. The number of aliphatic hydroxyl groups excluding tert-OH is 1. The van der Waals surface area contributed by atoms with Crippen LogP contribution < -0.4 is 10.2 Å². The smallest absolute Gasteiger partial charge is 0.0658 e. The highest BCUT2D eigenvalue weighted by Crippen LogP contribution is 2.22. The van der Waals surface area contributed by atoms with E-state index in [0.29, 0.717) is 0 Å². The molecule has 0 aliphatic heterocycles. The summed E-state index contributed by atoms with van der Waals surface area (Å²) >= 11 is 0. The van der Waals surface area contributed by atoms with Crippen molar-refractivity contribution in [2.75, 3.05) is 25.1 Å². The number of anilines is 1. The third-order valence-electron chi connectivity index (χ3n) is 3.41. The Hall–Kier alpha value is -1.13. The van der Waals surface area contributed by atoms with Crippen LogP contribution in [0.2, 0.25) is 0 Å². The summed E-state index contributed by atoms with van der Waals surface area (Å²) in [7, 11) is 1.97. The maximum absolute atomic E-state index is 9.37. The topological polar surface area (TPSA) is 48.4 Å². The highest BCUT2D eigenvalue weighted by atomic mass is 16.3. The van der Waals surface area contributed by atoms with Gasteiger partial charge in [0, 0.05) is 13.1 Å². The van der Waals surface area contributed by atoms with Gasteiger partial charge in [0.05, 0.1) is 29.7 Å². The van der Waals surface area contributed by atoms with Crippen LogP contribution in [-0.2, 0) is 0 Å². The van der Waals surface area contributed by atoms with Gasteiger partial charge in [0.1, 0.15) is 0 Å². The molecule has 0 aliphatic carbocycles. The maximum Gasteiger partial charge on any atom is 0.0658 e. The molecule has 0 fully saturated rings. The standard InChI is InChI=1S/C14H25N3O/c1-6-15-11(2)13-8-7-12(9-16-13)17(5)14(3,4)10-18/h7-9,11,15,18H,6,10H2,1-5H3. The van der Waals surface area contributed by atoms with Crippen LogP contribution in [0.4, 0.5) is 5.69 Å². The van der Waals surface area contributed by atoms with Crippen molar-refractivity contribution in [2.24, 2.45) is 0 Å². The van der Waals surface area contributed by atoms with Crippen molar-refractivity contribution in [1.82, 2.24) is 10.3 Å². The van der Waals surface area contributed by atoms with Crippen molar-refractivity contribution < 1.29 is 5.11 Å². The van der Waals surface area contributed by atoms with Crippen LogP contribution in [0.25, 0.3) is 0 Å². The van der Waals surface area contributed by atoms with Crippen molar-refractivity contribution >= 4 is 5.69 Å². The maximum atomic E-state index is 9.37. The molecular weight excluding hydrogens is 226 g/mol. The predicted molar refractivity (Wildman–Crippen MR) is 75.9 cm³/mol. The lowest BCUT2D eigenvalue weighted by molar-refractivity contribution is 0.216. The molecule has 1 aromatic heterocycles. The minimum absolute atomic E-state index is 0.110. The van der Waals surface area contributed by atoms with Gasteiger partial charge in [0.2, 0.25) is 0 Å². The lowest BCUT2D eigenvalue weighted by Gasteiger charge is -2.35. The molecule has 0 amide bonds. The second-order valence-corrected chi connectivity index (χ2v) is 5.25. The van der Waals surface area contributed by atoms with E-state index >= 15 is 0 Å². The zero-order valence-corrected chi connectivity index (χ0v) is 12.1. The third-order valence-corrected chi connectivity index (χ3v) is 3.41. The third kappa shape index (κ3) is 3.43. The number of hydrogen-bond donors (Lipinski definition) is 2. The van der Waals surface area contributed by atoms with Gasteiger partial charge in [-0.05, 0) is 39.4 Å². The largest absolute Gasteiger partial charge is 0.394 e. The summed E-state index contributed by atoms with van der Waals surface area (Å²) in [5.41, 5.74) is 1.77. The molecule has 0 aromatic carbocycles. The van der Waals surface area contributed by atoms with E-state index in [0.717, 1.165) is 17.9 Å². The van der Waals surface area contributed by atoms with Gasteiger partial charge in [-0.1, -0.05) is 6.92 Å². The SMILES string of the molecule is CCNC(C)c1ccc(N(C)C(C)(C)CO)cn1. The molecule has 1 atom stereocenters. The van der Waals surface area contributed by atoms with Crippen LogP contribution in [0, 0.1) is 0 Å². The van der Waals surface area contributed by atoms with E-state index < -0.39 is 0 Å². The Kier molecular flexibility index (Phi) is 5.11. The second-order valence-electron chi connectivity index (χ2n) is 5.25. The lowest BCUT2D eigenvalue weighted by atomic mass is 10.0. The fourth-order valence-corrected chi connectivity index (χ4v) is 1.72. The van der Waals surface area contributed by atoms with Gasteiger partial charge in [-0.3, -0.25) is 4.98 Å². The fraction of sp³-hybridized carbons (Fsp3) is 0.643. The van der Waals surface area contributed by atoms with Crippen molar-refractivity contribution in [1.29, 1.82) is 0 Å². The van der Waals surface area contributed by atoms with Gasteiger partial charge in [-0.2, -0.15) is 0 Å². The van der Waals surface area contributed by atoms with E-state index in [1.165, 1.54) is 0 Å². The minimum atomic E-state index is -0.281. The van der Waals surface area contributed by atoms with Gasteiger partial charge >= 0.3 is 0 Å². The Morgan fingerprint density at radius 2 is 2.11 bits per heavy atom. The molecule has 1 unspecified atom stereocenters. The monoisotopic (exact) mass is 251 g/mol. The van der Waals surface area contributed by atoms with Crippen LogP contribution in [0.5, 0.6) is 0 Å². The summed E-state index contributed by atoms with van der Waals surface area (Å²) in [6, 6.07) is 4.35. The van der Waals surface area contributed by atoms with Gasteiger partial charge in [-0.15, -0.1) is 0 Å². The molecule has 1 heterocycles. The number of rotatable bonds is 6. The first-order valence-electron chi connectivity index (χ1n) is 6.46. The molecule has 0 radical (unpaired) electrons. The van der Waals surface area contributed by atoms with Gasteiger partial charge in [-0.25, -0.2) is 0 Å².